The van der Waals surface area contributed by atoms with E-state index in [1.54, 1.807) is 48.5 Å². The summed E-state index contributed by atoms with van der Waals surface area (Å²) in [6, 6.07) is 14.7. The van der Waals surface area contributed by atoms with Crippen LogP contribution in [0, 0.1) is 11.8 Å². The minimum absolute atomic E-state index is 0.163. The van der Waals surface area contributed by atoms with Crippen LogP contribution in [0.15, 0.2) is 59.6 Å². The van der Waals surface area contributed by atoms with Gasteiger partial charge in [-0.15, -0.1) is 0 Å². The summed E-state index contributed by atoms with van der Waals surface area (Å²) in [7, 11) is 0. The summed E-state index contributed by atoms with van der Waals surface area (Å²) in [6.07, 6.45) is -16.1. The number of nitrogens with one attached hydrogen (secondary N) is 1. The molecule has 0 aromatic heterocycles. The Labute approximate surface area is 259 Å². The van der Waals surface area contributed by atoms with Crippen molar-refractivity contribution < 1.29 is 50.3 Å². The van der Waals surface area contributed by atoms with Gasteiger partial charge in [-0.1, -0.05) is 48.5 Å². The maximum atomic E-state index is 14.0. The molecule has 0 unspecified atom stereocenters. The number of anilines is 1. The van der Waals surface area contributed by atoms with Gasteiger partial charge < -0.3 is 21.5 Å². The third kappa shape index (κ3) is 8.62. The average molecular weight is 656 g/mol. The van der Waals surface area contributed by atoms with Crippen LogP contribution in [0.3, 0.4) is 0 Å². The van der Waals surface area contributed by atoms with Crippen molar-refractivity contribution in [1.82, 2.24) is 5.32 Å². The van der Waals surface area contributed by atoms with Crippen LogP contribution in [0.25, 0.3) is 0 Å². The fraction of sp³-hybridized carbons (Fsp3) is 0.433. The molecule has 3 amide bonds. The molecule has 1 aliphatic heterocycles. The van der Waals surface area contributed by atoms with Gasteiger partial charge in [0.15, 0.2) is 6.73 Å². The molecule has 10 nitrogen and oxygen atoms in total. The van der Waals surface area contributed by atoms with E-state index in [4.69, 9.17) is 16.2 Å². The van der Waals surface area contributed by atoms with Crippen LogP contribution in [-0.4, -0.2) is 60.2 Å². The Morgan fingerprint density at radius 1 is 0.935 bits per heavy atom. The standard InChI is InChI=1S/C30H31F6N5O5/c31-29(32,33)12-10-18(23(37)42)19(11-13-30(34,35)36)25(43)40-24-26(44)41(16-46-27(45)28(38)14-15-28)21-9-5-4-8-20(21)22(39-24)17-6-2-1-3-7-17/h1-9,18-19,24H,10-16,38H2,(H2,37,42)(H,40,43)/t18-,19+,24+/m0/s1. The number of hydrogen-bond acceptors (Lipinski definition) is 7. The number of hydrogen-bond donors (Lipinski definition) is 3. The number of alkyl halides is 6. The first-order valence-corrected chi connectivity index (χ1v) is 14.2. The van der Waals surface area contributed by atoms with Crippen LogP contribution >= 0.6 is 0 Å². The van der Waals surface area contributed by atoms with E-state index in [-0.39, 0.29) is 11.4 Å². The molecule has 1 heterocycles. The highest BCUT2D eigenvalue weighted by Crippen LogP contribution is 2.35. The lowest BCUT2D eigenvalue weighted by atomic mass is 9.83. The Morgan fingerprint density at radius 3 is 2.07 bits per heavy atom. The Balaban J connectivity index is 1.73. The van der Waals surface area contributed by atoms with Gasteiger partial charge in [0.25, 0.3) is 5.91 Å². The number of benzodiazepines with no additional fused rings is 1. The lowest BCUT2D eigenvalue weighted by molar-refractivity contribution is -0.152. The van der Waals surface area contributed by atoms with Gasteiger partial charge in [-0.2, -0.15) is 26.3 Å². The number of carbonyl (C=O) groups is 4. The zero-order valence-corrected chi connectivity index (χ0v) is 24.2. The summed E-state index contributed by atoms with van der Waals surface area (Å²) in [5.41, 5.74) is 11.2. The fourth-order valence-electron chi connectivity index (χ4n) is 5.03. The molecule has 2 aliphatic rings. The van der Waals surface area contributed by atoms with Crippen LogP contribution in [0.5, 0.6) is 0 Å². The highest BCUT2D eigenvalue weighted by molar-refractivity contribution is 6.20. The summed E-state index contributed by atoms with van der Waals surface area (Å²) in [6.45, 7) is -0.676. The Bertz CT molecular complexity index is 1490. The number of carbonyl (C=O) groups excluding carboxylic acids is 4. The molecular formula is C30H31F6N5O5. The van der Waals surface area contributed by atoms with Crippen LogP contribution in [0.2, 0.25) is 0 Å². The van der Waals surface area contributed by atoms with E-state index < -0.39 is 92.0 Å². The molecule has 16 heteroatoms. The second kappa shape index (κ2) is 13.5. The number of nitrogens with zero attached hydrogens (tertiary/aromatic N) is 2. The van der Waals surface area contributed by atoms with Crippen LogP contribution < -0.4 is 21.7 Å². The largest absolute Gasteiger partial charge is 0.442 e. The minimum Gasteiger partial charge on any atom is -0.442 e. The quantitative estimate of drug-likeness (QED) is 0.234. The summed E-state index contributed by atoms with van der Waals surface area (Å²) >= 11 is 0. The monoisotopic (exact) mass is 655 g/mol. The van der Waals surface area contributed by atoms with Crippen LogP contribution in [0.1, 0.15) is 49.7 Å². The third-order valence-electron chi connectivity index (χ3n) is 7.72. The Morgan fingerprint density at radius 2 is 1.50 bits per heavy atom. The SMILES string of the molecule is NC(=O)[C@@H](CCC(F)(F)F)[C@@H](CCC(F)(F)F)C(=O)N[C@H]1N=C(c2ccccc2)c2ccccc2N(COC(=O)C2(N)CC2)C1=O. The molecule has 1 saturated carbocycles. The fourth-order valence-corrected chi connectivity index (χ4v) is 5.03. The number of esters is 1. The number of rotatable bonds is 12. The first-order chi connectivity index (χ1) is 21.5. The first kappa shape index (κ1) is 34.4. The van der Waals surface area contributed by atoms with E-state index >= 15 is 0 Å². The van der Waals surface area contributed by atoms with Crippen LogP contribution in [0.4, 0.5) is 32.0 Å². The third-order valence-corrected chi connectivity index (χ3v) is 7.72. The second-order valence-electron chi connectivity index (χ2n) is 11.2. The van der Waals surface area contributed by atoms with E-state index in [0.29, 0.717) is 24.0 Å². The summed E-state index contributed by atoms with van der Waals surface area (Å²) in [4.78, 5) is 57.7. The molecule has 2 aromatic rings. The Kier molecular flexibility index (Phi) is 10.1. The first-order valence-electron chi connectivity index (χ1n) is 14.2. The normalized spacial score (nSPS) is 18.8. The number of fused-ring (bicyclic) bond motifs is 1. The molecule has 1 aliphatic carbocycles. The predicted octanol–water partition coefficient (Wildman–Crippen LogP) is 3.71. The van der Waals surface area contributed by atoms with Crippen molar-refractivity contribution in [2.75, 3.05) is 11.6 Å². The number of primary amides is 1. The van der Waals surface area contributed by atoms with Crippen molar-refractivity contribution in [1.29, 1.82) is 0 Å². The molecule has 248 valence electrons. The summed E-state index contributed by atoms with van der Waals surface area (Å²) in [5, 5.41) is 2.23. The molecule has 0 saturated heterocycles. The predicted molar refractivity (Wildman–Crippen MR) is 152 cm³/mol. The maximum absolute atomic E-state index is 14.0. The molecule has 0 spiro atoms. The van der Waals surface area contributed by atoms with Crippen molar-refractivity contribution in [2.45, 2.75) is 62.6 Å². The summed E-state index contributed by atoms with van der Waals surface area (Å²) in [5.74, 6) is -8.46. The molecule has 46 heavy (non-hydrogen) atoms. The van der Waals surface area contributed by atoms with Gasteiger partial charge in [-0.25, -0.2) is 9.79 Å². The van der Waals surface area contributed by atoms with Gasteiger partial charge >= 0.3 is 18.3 Å². The highest BCUT2D eigenvalue weighted by atomic mass is 19.4. The Hall–Kier alpha value is -4.47. The number of halogens is 6. The van der Waals surface area contributed by atoms with Gasteiger partial charge in [0.2, 0.25) is 18.0 Å². The number of benzene rings is 2. The number of nitrogens with two attached hydrogens (primary N) is 2. The van der Waals surface area contributed by atoms with E-state index in [2.05, 4.69) is 10.3 Å². The van der Waals surface area contributed by atoms with Crippen molar-refractivity contribution in [2.24, 2.45) is 28.3 Å². The van der Waals surface area contributed by atoms with E-state index in [9.17, 15) is 45.5 Å². The van der Waals surface area contributed by atoms with E-state index in [1.165, 1.54) is 6.07 Å². The number of para-hydroxylation sites is 1. The number of aliphatic imine (C=N–C) groups is 1. The second-order valence-corrected chi connectivity index (χ2v) is 11.2. The van der Waals surface area contributed by atoms with Gasteiger partial charge in [-0.05, 0) is 31.7 Å². The number of amides is 3. The molecule has 2 aromatic carbocycles. The maximum Gasteiger partial charge on any atom is 0.389 e. The van der Waals surface area contributed by atoms with E-state index in [1.807, 2.05) is 0 Å². The van der Waals surface area contributed by atoms with Gasteiger partial charge in [0.05, 0.1) is 11.4 Å². The van der Waals surface area contributed by atoms with Gasteiger partial charge in [-0.3, -0.25) is 19.3 Å². The van der Waals surface area contributed by atoms with Crippen molar-refractivity contribution >= 4 is 35.1 Å². The van der Waals surface area contributed by atoms with E-state index in [0.717, 1.165) is 4.90 Å². The van der Waals surface area contributed by atoms with Crippen LogP contribution in [-0.2, 0) is 23.9 Å². The molecule has 4 rings (SSSR count). The molecule has 5 N–H and O–H groups in total. The lowest BCUT2D eigenvalue weighted by Gasteiger charge is -2.28. The van der Waals surface area contributed by atoms with Gasteiger partial charge in [0.1, 0.15) is 5.54 Å². The smallest absolute Gasteiger partial charge is 0.389 e. The summed E-state index contributed by atoms with van der Waals surface area (Å²) < 4.78 is 84.0. The highest BCUT2D eigenvalue weighted by Gasteiger charge is 2.48. The van der Waals surface area contributed by atoms with Crippen molar-refractivity contribution in [3.63, 3.8) is 0 Å². The average Bonchev–Trinajstić information content (AvgIpc) is 3.75. The zero-order valence-electron chi connectivity index (χ0n) is 24.2. The van der Waals surface area contributed by atoms with Crippen molar-refractivity contribution in [3.05, 3.63) is 65.7 Å². The van der Waals surface area contributed by atoms with Gasteiger partial charge in [0, 0.05) is 35.8 Å². The zero-order chi connectivity index (χ0) is 33.9. The number of ether oxygens (including phenoxy) is 1. The topological polar surface area (TPSA) is 157 Å². The molecule has 0 radical (unpaired) electrons. The van der Waals surface area contributed by atoms with Crippen molar-refractivity contribution in [3.8, 4) is 0 Å². The molecule has 1 fully saturated rings. The lowest BCUT2D eigenvalue weighted by Crippen LogP contribution is -2.51. The molecular weight excluding hydrogens is 624 g/mol. The minimum atomic E-state index is -4.83. The molecule has 3 atom stereocenters. The molecule has 0 bridgehead atoms.